The summed E-state index contributed by atoms with van der Waals surface area (Å²) in [5.74, 6) is -0.335. The number of aryl methyl sites for hydroxylation is 1. The van der Waals surface area contributed by atoms with Crippen LogP contribution in [0.15, 0.2) is 39.9 Å². The molecular weight excluding hydrogens is 430 g/mol. The Labute approximate surface area is 189 Å². The predicted molar refractivity (Wildman–Crippen MR) is 126 cm³/mol. The van der Waals surface area contributed by atoms with Gasteiger partial charge in [0, 0.05) is 19.6 Å². The highest BCUT2D eigenvalue weighted by Gasteiger charge is 2.28. The molecule has 3 rings (SSSR count). The summed E-state index contributed by atoms with van der Waals surface area (Å²) in [5.41, 5.74) is 6.26. The molecule has 2 aromatic heterocycles. The molecule has 0 atom stereocenters. The number of ether oxygens (including phenoxy) is 1. The number of thiazole rings is 1. The number of nitrogen functional groups attached to an aromatic ring is 1. The molecule has 0 aliphatic heterocycles. The molecule has 170 valence electrons. The fourth-order valence-electron chi connectivity index (χ4n) is 3.24. The number of carbonyl (C=O) groups is 1. The van der Waals surface area contributed by atoms with Crippen molar-refractivity contribution in [2.24, 2.45) is 0 Å². The van der Waals surface area contributed by atoms with Crippen LogP contribution in [-0.4, -0.2) is 40.7 Å². The molecule has 32 heavy (non-hydrogen) atoms. The summed E-state index contributed by atoms with van der Waals surface area (Å²) in [5, 5.41) is 0.827. The van der Waals surface area contributed by atoms with E-state index >= 15 is 0 Å². The molecule has 0 fully saturated rings. The summed E-state index contributed by atoms with van der Waals surface area (Å²) in [7, 11) is 1.50. The Hall–Kier alpha value is -3.24. The number of nitrogens with two attached hydrogens (primary N) is 1. The molecule has 1 amide bonds. The van der Waals surface area contributed by atoms with Crippen molar-refractivity contribution in [3.05, 3.63) is 72.3 Å². The minimum atomic E-state index is -0.729. The van der Waals surface area contributed by atoms with Crippen LogP contribution >= 0.6 is 11.3 Å². The number of rotatable bonds is 8. The van der Waals surface area contributed by atoms with Crippen molar-refractivity contribution in [1.82, 2.24) is 14.5 Å². The number of carbonyl (C=O) groups excluding carboxylic acids is 1. The van der Waals surface area contributed by atoms with Gasteiger partial charge in [0.2, 0.25) is 0 Å². The number of amides is 1. The zero-order chi connectivity index (χ0) is 23.4. The molecule has 3 aromatic rings. The van der Waals surface area contributed by atoms with Crippen molar-refractivity contribution in [2.45, 2.75) is 33.2 Å². The fourth-order valence-corrected chi connectivity index (χ4v) is 4.26. The number of hydrogen-bond acceptors (Lipinski definition) is 7. The summed E-state index contributed by atoms with van der Waals surface area (Å²) in [4.78, 5) is 47.3. The molecule has 0 aliphatic carbocycles. The second kappa shape index (κ2) is 9.92. The normalized spacial score (nSPS) is 11.2. The predicted octanol–water partition coefficient (Wildman–Crippen LogP) is 2.35. The van der Waals surface area contributed by atoms with Gasteiger partial charge in [-0.05, 0) is 12.5 Å². The molecular formula is C22H27N5O4S. The number of methoxy groups -OCH3 is 1. The lowest BCUT2D eigenvalue weighted by Crippen LogP contribution is -2.42. The van der Waals surface area contributed by atoms with E-state index < -0.39 is 17.2 Å². The standard InChI is InChI=1S/C22H27N5O4S/c1-13(2)20-24-14(3)17(32-20)21(29)26(10-11-31-4)16-18(23)27(22(30)25-19(16)28)12-15-8-6-5-7-9-15/h5-9,13H,10-12,23H2,1-4H3,(H,25,28,30). The molecule has 0 radical (unpaired) electrons. The fraction of sp³-hybridized carbons (Fsp3) is 0.364. The third kappa shape index (κ3) is 4.81. The maximum Gasteiger partial charge on any atom is 0.330 e. The molecule has 3 N–H and O–H groups in total. The second-order valence-corrected chi connectivity index (χ2v) is 8.67. The van der Waals surface area contributed by atoms with E-state index in [1.807, 2.05) is 44.2 Å². The molecule has 0 bridgehead atoms. The average molecular weight is 458 g/mol. The van der Waals surface area contributed by atoms with Gasteiger partial charge in [-0.2, -0.15) is 0 Å². The Morgan fingerprint density at radius 2 is 1.97 bits per heavy atom. The van der Waals surface area contributed by atoms with Crippen molar-refractivity contribution >= 4 is 28.7 Å². The summed E-state index contributed by atoms with van der Waals surface area (Å²) in [6, 6.07) is 9.24. The van der Waals surface area contributed by atoms with E-state index in [0.29, 0.717) is 10.6 Å². The first-order valence-electron chi connectivity index (χ1n) is 10.2. The Morgan fingerprint density at radius 1 is 1.28 bits per heavy atom. The SMILES string of the molecule is COCCN(C(=O)c1sc(C(C)C)nc1C)c1c(N)n(Cc2ccccc2)c(=O)[nH]c1=O. The third-order valence-electron chi connectivity index (χ3n) is 4.93. The zero-order valence-corrected chi connectivity index (χ0v) is 19.4. The molecule has 10 heteroatoms. The van der Waals surface area contributed by atoms with Gasteiger partial charge in [0.1, 0.15) is 10.7 Å². The van der Waals surface area contributed by atoms with Crippen molar-refractivity contribution < 1.29 is 9.53 Å². The number of H-pyrrole nitrogens is 1. The molecule has 0 saturated carbocycles. The van der Waals surface area contributed by atoms with E-state index in [1.165, 1.54) is 27.9 Å². The molecule has 9 nitrogen and oxygen atoms in total. The molecule has 0 aliphatic rings. The quantitative estimate of drug-likeness (QED) is 0.535. The number of aromatic nitrogens is 3. The second-order valence-electron chi connectivity index (χ2n) is 7.64. The first-order valence-corrected chi connectivity index (χ1v) is 11.0. The van der Waals surface area contributed by atoms with Crippen LogP contribution in [0.1, 0.15) is 45.7 Å². The smallest absolute Gasteiger partial charge is 0.330 e. The van der Waals surface area contributed by atoms with Gasteiger partial charge < -0.3 is 10.5 Å². The number of anilines is 2. The van der Waals surface area contributed by atoms with Gasteiger partial charge >= 0.3 is 5.69 Å². The lowest BCUT2D eigenvalue weighted by Gasteiger charge is -2.24. The highest BCUT2D eigenvalue weighted by Crippen LogP contribution is 2.28. The summed E-state index contributed by atoms with van der Waals surface area (Å²) >= 11 is 1.29. The number of benzene rings is 1. The summed E-state index contributed by atoms with van der Waals surface area (Å²) in [6.45, 7) is 6.17. The van der Waals surface area contributed by atoms with Crippen LogP contribution in [0.4, 0.5) is 11.5 Å². The van der Waals surface area contributed by atoms with E-state index in [9.17, 15) is 14.4 Å². The maximum atomic E-state index is 13.5. The van der Waals surface area contributed by atoms with E-state index in [2.05, 4.69) is 9.97 Å². The number of nitrogens with zero attached hydrogens (tertiary/aromatic N) is 3. The number of hydrogen-bond donors (Lipinski definition) is 2. The minimum Gasteiger partial charge on any atom is -0.383 e. The van der Waals surface area contributed by atoms with Crippen LogP contribution < -0.4 is 21.9 Å². The van der Waals surface area contributed by atoms with Crippen LogP contribution in [0, 0.1) is 6.92 Å². The topological polar surface area (TPSA) is 123 Å². The Kier molecular flexibility index (Phi) is 7.26. The van der Waals surface area contributed by atoms with Crippen LogP contribution in [0.2, 0.25) is 0 Å². The van der Waals surface area contributed by atoms with E-state index in [-0.39, 0.29) is 37.1 Å². The number of nitrogens with one attached hydrogen (secondary N) is 1. The van der Waals surface area contributed by atoms with Crippen molar-refractivity contribution in [1.29, 1.82) is 0 Å². The van der Waals surface area contributed by atoms with Crippen molar-refractivity contribution in [3.8, 4) is 0 Å². The largest absolute Gasteiger partial charge is 0.383 e. The zero-order valence-electron chi connectivity index (χ0n) is 18.5. The van der Waals surface area contributed by atoms with Crippen molar-refractivity contribution in [3.63, 3.8) is 0 Å². The monoisotopic (exact) mass is 457 g/mol. The Balaban J connectivity index is 2.11. The lowest BCUT2D eigenvalue weighted by molar-refractivity contribution is 0.0978. The number of aromatic amines is 1. The van der Waals surface area contributed by atoms with Gasteiger partial charge in [-0.15, -0.1) is 11.3 Å². The first-order chi connectivity index (χ1) is 15.2. The summed E-state index contributed by atoms with van der Waals surface area (Å²) < 4.78 is 6.40. The van der Waals surface area contributed by atoms with E-state index in [1.54, 1.807) is 6.92 Å². The Morgan fingerprint density at radius 3 is 2.56 bits per heavy atom. The van der Waals surface area contributed by atoms with Gasteiger partial charge in [0.25, 0.3) is 11.5 Å². The molecule has 0 spiro atoms. The van der Waals surface area contributed by atoms with Crippen LogP contribution in [-0.2, 0) is 11.3 Å². The molecule has 0 saturated heterocycles. The first kappa shape index (κ1) is 23.4. The highest BCUT2D eigenvalue weighted by atomic mass is 32.1. The van der Waals surface area contributed by atoms with Crippen LogP contribution in [0.3, 0.4) is 0 Å². The average Bonchev–Trinajstić information content (AvgIpc) is 3.15. The molecule has 0 unspecified atom stereocenters. The van der Waals surface area contributed by atoms with Crippen LogP contribution in [0.5, 0.6) is 0 Å². The Bertz CT molecular complexity index is 1210. The third-order valence-corrected chi connectivity index (χ3v) is 6.38. The van der Waals surface area contributed by atoms with Gasteiger partial charge in [-0.25, -0.2) is 9.78 Å². The summed E-state index contributed by atoms with van der Waals surface area (Å²) in [6.07, 6.45) is 0. The minimum absolute atomic E-state index is 0.0820. The van der Waals surface area contributed by atoms with Gasteiger partial charge in [-0.1, -0.05) is 44.2 Å². The molecule has 1 aromatic carbocycles. The van der Waals surface area contributed by atoms with Gasteiger partial charge in [-0.3, -0.25) is 24.0 Å². The van der Waals surface area contributed by atoms with Gasteiger partial charge in [0.15, 0.2) is 5.69 Å². The van der Waals surface area contributed by atoms with Crippen molar-refractivity contribution in [2.75, 3.05) is 30.9 Å². The lowest BCUT2D eigenvalue weighted by atomic mass is 10.2. The van der Waals surface area contributed by atoms with Gasteiger partial charge in [0.05, 0.1) is 23.9 Å². The maximum absolute atomic E-state index is 13.5. The van der Waals surface area contributed by atoms with E-state index in [0.717, 1.165) is 10.6 Å². The highest BCUT2D eigenvalue weighted by molar-refractivity contribution is 7.14. The molecule has 2 heterocycles. The van der Waals surface area contributed by atoms with Crippen LogP contribution in [0.25, 0.3) is 0 Å². The van der Waals surface area contributed by atoms with E-state index in [4.69, 9.17) is 10.5 Å².